The van der Waals surface area contributed by atoms with Crippen molar-refractivity contribution >= 4 is 5.78 Å². The van der Waals surface area contributed by atoms with Gasteiger partial charge in [0.25, 0.3) is 0 Å². The van der Waals surface area contributed by atoms with Gasteiger partial charge in [-0.3, -0.25) is 9.89 Å². The van der Waals surface area contributed by atoms with E-state index in [1.54, 1.807) is 24.4 Å². The van der Waals surface area contributed by atoms with Gasteiger partial charge in [-0.2, -0.15) is 18.3 Å². The van der Waals surface area contributed by atoms with Crippen molar-refractivity contribution in [2.24, 2.45) is 0 Å². The highest BCUT2D eigenvalue weighted by Crippen LogP contribution is 2.37. The number of aryl methyl sites for hydroxylation is 1. The molecule has 0 saturated carbocycles. The second-order valence-electron chi connectivity index (χ2n) is 7.24. The summed E-state index contributed by atoms with van der Waals surface area (Å²) >= 11 is 0. The van der Waals surface area contributed by atoms with E-state index in [4.69, 9.17) is 9.47 Å². The molecule has 0 bridgehead atoms. The summed E-state index contributed by atoms with van der Waals surface area (Å²) < 4.78 is 50.7. The molecule has 0 aliphatic rings. The number of aromatic nitrogens is 2. The van der Waals surface area contributed by atoms with Crippen molar-refractivity contribution in [3.05, 3.63) is 76.6 Å². The molecule has 5 nitrogen and oxygen atoms in total. The highest BCUT2D eigenvalue weighted by atomic mass is 19.4. The van der Waals surface area contributed by atoms with Crippen LogP contribution in [0.25, 0.3) is 0 Å². The van der Waals surface area contributed by atoms with Gasteiger partial charge >= 0.3 is 6.18 Å². The lowest BCUT2D eigenvalue weighted by atomic mass is 9.87. The van der Waals surface area contributed by atoms with Crippen LogP contribution in [0.5, 0.6) is 11.5 Å². The van der Waals surface area contributed by atoms with Crippen LogP contribution in [0.15, 0.2) is 48.7 Å². The molecule has 0 spiro atoms. The van der Waals surface area contributed by atoms with E-state index >= 15 is 0 Å². The summed E-state index contributed by atoms with van der Waals surface area (Å²) in [4.78, 5) is 11.8. The maximum absolute atomic E-state index is 13.2. The Hall–Kier alpha value is -3.29. The second kappa shape index (κ2) is 9.24. The predicted octanol–water partition coefficient (Wildman–Crippen LogP) is 5.44. The van der Waals surface area contributed by atoms with Crippen LogP contribution in [0.4, 0.5) is 13.2 Å². The van der Waals surface area contributed by atoms with E-state index in [1.807, 2.05) is 6.92 Å². The lowest BCUT2D eigenvalue weighted by Gasteiger charge is -2.19. The Labute approximate surface area is 178 Å². The van der Waals surface area contributed by atoms with Crippen LogP contribution >= 0.6 is 0 Å². The molecular formula is C23H23F3N2O3. The van der Waals surface area contributed by atoms with Crippen molar-refractivity contribution in [1.29, 1.82) is 0 Å². The molecule has 1 atom stereocenters. The fraction of sp³-hybridized carbons (Fsp3) is 0.304. The van der Waals surface area contributed by atoms with E-state index in [0.29, 0.717) is 11.5 Å². The molecule has 1 heterocycles. The number of rotatable bonds is 8. The molecule has 164 valence electrons. The lowest BCUT2D eigenvalue weighted by molar-refractivity contribution is -0.138. The number of ether oxygens (including phenoxy) is 2. The summed E-state index contributed by atoms with van der Waals surface area (Å²) in [5, 5.41) is 6.95. The number of nitrogens with one attached hydrogen (secondary N) is 1. The Bertz CT molecular complexity index is 1060. The van der Waals surface area contributed by atoms with Gasteiger partial charge in [0.05, 0.1) is 18.4 Å². The van der Waals surface area contributed by atoms with Crippen LogP contribution in [0.1, 0.15) is 47.2 Å². The normalized spacial score (nSPS) is 12.5. The molecule has 1 N–H and O–H groups in total. The van der Waals surface area contributed by atoms with Crippen molar-refractivity contribution in [3.8, 4) is 11.5 Å². The summed E-state index contributed by atoms with van der Waals surface area (Å²) in [5.74, 6) is 0.476. The van der Waals surface area contributed by atoms with Crippen LogP contribution in [0, 0.1) is 6.92 Å². The first kappa shape index (κ1) is 22.4. The number of methoxy groups -OCH3 is 1. The molecule has 2 aromatic carbocycles. The molecule has 8 heteroatoms. The van der Waals surface area contributed by atoms with Crippen molar-refractivity contribution in [3.63, 3.8) is 0 Å². The number of benzene rings is 2. The lowest BCUT2D eigenvalue weighted by Crippen LogP contribution is -2.11. The van der Waals surface area contributed by atoms with Gasteiger partial charge in [0.1, 0.15) is 12.4 Å². The second-order valence-corrected chi connectivity index (χ2v) is 7.24. The summed E-state index contributed by atoms with van der Waals surface area (Å²) in [6.07, 6.45) is -2.42. The smallest absolute Gasteiger partial charge is 0.416 e. The van der Waals surface area contributed by atoms with E-state index in [0.717, 1.165) is 22.9 Å². The third-order valence-corrected chi connectivity index (χ3v) is 5.03. The first-order valence-corrected chi connectivity index (χ1v) is 9.66. The number of alkyl halides is 3. The fourth-order valence-corrected chi connectivity index (χ4v) is 3.51. The van der Waals surface area contributed by atoms with E-state index in [1.165, 1.54) is 32.2 Å². The molecule has 0 aliphatic carbocycles. The number of H-pyrrole nitrogens is 1. The summed E-state index contributed by atoms with van der Waals surface area (Å²) in [5.41, 5.74) is 1.80. The zero-order valence-corrected chi connectivity index (χ0v) is 17.4. The van der Waals surface area contributed by atoms with Crippen LogP contribution in [0.3, 0.4) is 0 Å². The van der Waals surface area contributed by atoms with Crippen molar-refractivity contribution in [2.75, 3.05) is 7.11 Å². The largest absolute Gasteiger partial charge is 0.493 e. The van der Waals surface area contributed by atoms with Crippen molar-refractivity contribution in [1.82, 2.24) is 10.2 Å². The first-order chi connectivity index (χ1) is 14.7. The Morgan fingerprint density at radius 1 is 1.16 bits per heavy atom. The van der Waals surface area contributed by atoms with Gasteiger partial charge in [0, 0.05) is 29.7 Å². The summed E-state index contributed by atoms with van der Waals surface area (Å²) in [7, 11) is 1.46. The van der Waals surface area contributed by atoms with E-state index in [2.05, 4.69) is 10.2 Å². The molecule has 0 radical (unpaired) electrons. The Balaban J connectivity index is 1.88. The number of ketones is 1. The predicted molar refractivity (Wildman–Crippen MR) is 109 cm³/mol. The molecule has 3 aromatic rings. The van der Waals surface area contributed by atoms with Crippen LogP contribution in [-0.2, 0) is 17.6 Å². The number of carbonyl (C=O) groups excluding carboxylic acids is 1. The van der Waals surface area contributed by atoms with Crippen LogP contribution < -0.4 is 9.47 Å². The van der Waals surface area contributed by atoms with E-state index in [9.17, 15) is 18.0 Å². The number of aromatic amines is 1. The highest BCUT2D eigenvalue weighted by molar-refractivity contribution is 5.77. The minimum Gasteiger partial charge on any atom is -0.493 e. The quantitative estimate of drug-likeness (QED) is 0.515. The van der Waals surface area contributed by atoms with Crippen molar-refractivity contribution in [2.45, 2.75) is 39.0 Å². The van der Waals surface area contributed by atoms with Gasteiger partial charge < -0.3 is 9.47 Å². The minimum absolute atomic E-state index is 0.0219. The topological polar surface area (TPSA) is 64.2 Å². The van der Waals surface area contributed by atoms with E-state index in [-0.39, 0.29) is 30.3 Å². The van der Waals surface area contributed by atoms with Gasteiger partial charge in [-0.05, 0) is 37.6 Å². The molecule has 1 aromatic heterocycles. The Kier molecular flexibility index (Phi) is 6.68. The maximum Gasteiger partial charge on any atom is 0.416 e. The maximum atomic E-state index is 13.2. The van der Waals surface area contributed by atoms with Crippen molar-refractivity contribution < 1.29 is 27.4 Å². The van der Waals surface area contributed by atoms with Crippen LogP contribution in [0.2, 0.25) is 0 Å². The summed E-state index contributed by atoms with van der Waals surface area (Å²) in [6.45, 7) is 3.12. The molecule has 0 fully saturated rings. The fourth-order valence-electron chi connectivity index (χ4n) is 3.51. The third kappa shape index (κ3) is 5.25. The van der Waals surface area contributed by atoms with Crippen LogP contribution in [-0.4, -0.2) is 23.1 Å². The molecule has 1 unspecified atom stereocenters. The average Bonchev–Trinajstić information content (AvgIpc) is 3.15. The number of nitrogens with zero attached hydrogens (tertiary/aromatic N) is 1. The third-order valence-electron chi connectivity index (χ3n) is 5.03. The van der Waals surface area contributed by atoms with Gasteiger partial charge in [-0.15, -0.1) is 0 Å². The molecule has 0 amide bonds. The zero-order valence-electron chi connectivity index (χ0n) is 17.4. The molecule has 31 heavy (non-hydrogen) atoms. The minimum atomic E-state index is -4.46. The number of hydrogen-bond donors (Lipinski definition) is 1. The number of carbonyl (C=O) groups is 1. The van der Waals surface area contributed by atoms with E-state index < -0.39 is 11.7 Å². The number of hydrogen-bond acceptors (Lipinski definition) is 4. The SMILES string of the molecule is COc1cc(C(CC(C)=O)c2c[nH]nc2C)ccc1OCc1ccccc1C(F)(F)F. The molecule has 0 saturated heterocycles. The molecule has 3 rings (SSSR count). The van der Waals surface area contributed by atoms with Gasteiger partial charge in [0.15, 0.2) is 11.5 Å². The Morgan fingerprint density at radius 3 is 2.52 bits per heavy atom. The molecular weight excluding hydrogens is 409 g/mol. The summed E-state index contributed by atoms with van der Waals surface area (Å²) in [6, 6.07) is 10.5. The number of Topliss-reactive ketones (excluding diaryl/α,β-unsaturated/α-hetero) is 1. The standard InChI is InChI=1S/C23H23F3N2O3/c1-14(29)10-18(19-12-27-28-15(19)2)16-8-9-21(22(11-16)30-3)31-13-17-6-4-5-7-20(17)23(24,25)26/h4-9,11-12,18H,10,13H2,1-3H3,(H,27,28). The van der Waals surface area contributed by atoms with Gasteiger partial charge in [-0.25, -0.2) is 0 Å². The first-order valence-electron chi connectivity index (χ1n) is 9.66. The zero-order chi connectivity index (χ0) is 22.6. The van der Waals surface area contributed by atoms with Gasteiger partial charge in [0.2, 0.25) is 0 Å². The monoisotopic (exact) mass is 432 g/mol. The Morgan fingerprint density at radius 2 is 1.90 bits per heavy atom. The van der Waals surface area contributed by atoms with Gasteiger partial charge in [-0.1, -0.05) is 24.3 Å². The number of halogens is 3. The average molecular weight is 432 g/mol. The molecule has 0 aliphatic heterocycles. The highest BCUT2D eigenvalue weighted by Gasteiger charge is 2.33.